The molecule has 36 heavy (non-hydrogen) atoms. The van der Waals surface area contributed by atoms with Gasteiger partial charge < -0.3 is 14.8 Å². The molecule has 2 aromatic heterocycles. The Morgan fingerprint density at radius 1 is 1.33 bits per heavy atom. The van der Waals surface area contributed by atoms with Gasteiger partial charge in [-0.05, 0) is 25.5 Å². The number of methoxy groups -OCH3 is 1. The van der Waals surface area contributed by atoms with Crippen LogP contribution in [0.1, 0.15) is 12.0 Å². The summed E-state index contributed by atoms with van der Waals surface area (Å²) in [6.07, 6.45) is 6.34. The lowest BCUT2D eigenvalue weighted by molar-refractivity contribution is -0.0894. The van der Waals surface area contributed by atoms with Crippen LogP contribution in [0.2, 0.25) is 0 Å². The monoisotopic (exact) mass is 491 g/mol. The van der Waals surface area contributed by atoms with Gasteiger partial charge in [0.15, 0.2) is 0 Å². The molecule has 0 radical (unpaired) electrons. The second kappa shape index (κ2) is 10.3. The van der Waals surface area contributed by atoms with E-state index in [4.69, 9.17) is 14.6 Å². The Labute approximate surface area is 210 Å². The normalized spacial score (nSPS) is 23.9. The van der Waals surface area contributed by atoms with Crippen molar-refractivity contribution in [1.82, 2.24) is 29.8 Å². The van der Waals surface area contributed by atoms with Crippen molar-refractivity contribution < 1.29 is 14.3 Å². The third-order valence-electron chi connectivity index (χ3n) is 7.05. The second-order valence-corrected chi connectivity index (χ2v) is 9.31. The first-order chi connectivity index (χ1) is 17.5. The number of carbonyl (C=O) groups is 1. The summed E-state index contributed by atoms with van der Waals surface area (Å²) in [7, 11) is 3.55. The van der Waals surface area contributed by atoms with Crippen LogP contribution in [-0.2, 0) is 16.5 Å². The van der Waals surface area contributed by atoms with Gasteiger partial charge in [0.25, 0.3) is 0 Å². The molecular formula is C26H33N7O3. The van der Waals surface area contributed by atoms with E-state index in [9.17, 15) is 4.79 Å². The summed E-state index contributed by atoms with van der Waals surface area (Å²) >= 11 is 0. The molecule has 3 aromatic rings. The van der Waals surface area contributed by atoms with E-state index in [1.165, 1.54) is 0 Å². The van der Waals surface area contributed by atoms with E-state index >= 15 is 0 Å². The lowest BCUT2D eigenvalue weighted by Gasteiger charge is -2.38. The molecule has 2 fully saturated rings. The summed E-state index contributed by atoms with van der Waals surface area (Å²) in [4.78, 5) is 15.7. The van der Waals surface area contributed by atoms with Crippen LogP contribution in [0.25, 0.3) is 16.9 Å². The number of hydrogen-bond acceptors (Lipinski definition) is 6. The van der Waals surface area contributed by atoms with Crippen LogP contribution in [0.5, 0.6) is 0 Å². The third-order valence-corrected chi connectivity index (χ3v) is 7.05. The summed E-state index contributed by atoms with van der Waals surface area (Å²) in [6.45, 7) is 7.97. The number of ether oxygens (including phenoxy) is 2. The molecule has 4 heterocycles. The van der Waals surface area contributed by atoms with Crippen molar-refractivity contribution in [3.63, 3.8) is 0 Å². The number of anilines is 1. The molecule has 10 heteroatoms. The molecule has 1 aromatic carbocycles. The quantitative estimate of drug-likeness (QED) is 0.493. The summed E-state index contributed by atoms with van der Waals surface area (Å²) in [5.41, 5.74) is 3.37. The maximum atomic E-state index is 13.3. The van der Waals surface area contributed by atoms with Crippen LogP contribution in [0.15, 0.2) is 55.4 Å². The van der Waals surface area contributed by atoms with E-state index in [1.54, 1.807) is 22.7 Å². The number of benzene rings is 1. The summed E-state index contributed by atoms with van der Waals surface area (Å²) < 4.78 is 14.8. The average molecular weight is 492 g/mol. The van der Waals surface area contributed by atoms with Gasteiger partial charge in [0.2, 0.25) is 0 Å². The Balaban J connectivity index is 1.39. The van der Waals surface area contributed by atoms with Gasteiger partial charge in [-0.1, -0.05) is 24.3 Å². The predicted molar refractivity (Wildman–Crippen MR) is 137 cm³/mol. The molecular weight excluding hydrogens is 458 g/mol. The highest BCUT2D eigenvalue weighted by Gasteiger charge is 2.46. The first kappa shape index (κ1) is 24.2. The highest BCUT2D eigenvalue weighted by molar-refractivity contribution is 5.91. The Hall–Kier alpha value is -3.47. The first-order valence-corrected chi connectivity index (χ1v) is 12.2. The number of rotatable bonds is 7. The standard InChI is InChI=1S/C26H33N7O3/c1-5-21-20(13-22-23(16-35-4)36-12-11-32(21)22)28-26(34)29-25-17(2)24(18-14-27-31(3)15-18)30-33(25)19-9-7-6-8-10-19/h5-10,14-15,20-23H,1,11-13,16H2,2-4H3,(H2,28,29,34)/t20-,21+,22-,23?/m1/s1. The molecule has 2 saturated heterocycles. The number of urea groups is 1. The number of aromatic nitrogens is 4. The zero-order chi connectivity index (χ0) is 25.2. The molecule has 0 spiro atoms. The minimum atomic E-state index is -0.283. The fourth-order valence-electron chi connectivity index (χ4n) is 5.38. The number of nitrogens with one attached hydrogen (secondary N) is 2. The van der Waals surface area contributed by atoms with Gasteiger partial charge in [-0.3, -0.25) is 14.9 Å². The van der Waals surface area contributed by atoms with Crippen LogP contribution in [0.3, 0.4) is 0 Å². The number of aryl methyl sites for hydroxylation is 1. The Bertz CT molecular complexity index is 1220. The first-order valence-electron chi connectivity index (χ1n) is 12.2. The van der Waals surface area contributed by atoms with Gasteiger partial charge in [-0.25, -0.2) is 9.48 Å². The fourth-order valence-corrected chi connectivity index (χ4v) is 5.38. The summed E-state index contributed by atoms with van der Waals surface area (Å²) in [6, 6.07) is 9.57. The van der Waals surface area contributed by atoms with Crippen LogP contribution >= 0.6 is 0 Å². The van der Waals surface area contributed by atoms with Gasteiger partial charge in [-0.2, -0.15) is 10.2 Å². The Morgan fingerprint density at radius 2 is 2.14 bits per heavy atom. The average Bonchev–Trinajstić information content (AvgIpc) is 3.55. The molecule has 0 bridgehead atoms. The number of fused-ring (bicyclic) bond motifs is 1. The van der Waals surface area contributed by atoms with Gasteiger partial charge in [0.05, 0.1) is 37.2 Å². The van der Waals surface area contributed by atoms with Crippen molar-refractivity contribution >= 4 is 11.8 Å². The van der Waals surface area contributed by atoms with Crippen LogP contribution in [0.4, 0.5) is 10.6 Å². The van der Waals surface area contributed by atoms with Crippen molar-refractivity contribution in [2.45, 2.75) is 37.6 Å². The zero-order valence-electron chi connectivity index (χ0n) is 20.9. The van der Waals surface area contributed by atoms with Crippen LogP contribution < -0.4 is 10.6 Å². The lowest BCUT2D eigenvalue weighted by Crippen LogP contribution is -2.52. The summed E-state index contributed by atoms with van der Waals surface area (Å²) in [5.74, 6) is 0.615. The number of para-hydroxylation sites is 1. The van der Waals surface area contributed by atoms with E-state index in [2.05, 4.69) is 27.2 Å². The highest BCUT2D eigenvalue weighted by atomic mass is 16.5. The maximum Gasteiger partial charge on any atom is 0.320 e. The summed E-state index contributed by atoms with van der Waals surface area (Å²) in [5, 5.41) is 15.4. The van der Waals surface area contributed by atoms with Crippen molar-refractivity contribution in [3.8, 4) is 16.9 Å². The minimum absolute atomic E-state index is 0.0232. The molecule has 10 nitrogen and oxygen atoms in total. The van der Waals surface area contributed by atoms with Gasteiger partial charge in [0, 0.05) is 50.1 Å². The Kier molecular flexibility index (Phi) is 6.90. The molecule has 2 amide bonds. The molecule has 4 atom stereocenters. The van der Waals surface area contributed by atoms with E-state index in [0.29, 0.717) is 19.0 Å². The number of morpholine rings is 1. The van der Waals surface area contributed by atoms with Gasteiger partial charge in [-0.15, -0.1) is 6.58 Å². The number of hydrogen-bond donors (Lipinski definition) is 2. The zero-order valence-corrected chi connectivity index (χ0v) is 20.9. The SMILES string of the molecule is C=C[C@H]1[C@H](NC(=O)Nc2c(C)c(-c3cnn(C)c3)nn2-c2ccccc2)C[C@@H]2C(COC)OCCN21. The minimum Gasteiger partial charge on any atom is -0.382 e. The lowest BCUT2D eigenvalue weighted by atomic mass is 10.0. The van der Waals surface area contributed by atoms with Gasteiger partial charge >= 0.3 is 6.03 Å². The third kappa shape index (κ3) is 4.55. The molecule has 1 unspecified atom stereocenters. The number of nitrogens with zero attached hydrogens (tertiary/aromatic N) is 5. The molecule has 2 N–H and O–H groups in total. The van der Waals surface area contributed by atoms with E-state index in [0.717, 1.165) is 35.5 Å². The predicted octanol–water partition coefficient (Wildman–Crippen LogP) is 2.75. The molecule has 190 valence electrons. The van der Waals surface area contributed by atoms with E-state index < -0.39 is 0 Å². The highest BCUT2D eigenvalue weighted by Crippen LogP contribution is 2.33. The fraction of sp³-hybridized carbons (Fsp3) is 0.423. The van der Waals surface area contributed by atoms with Crippen molar-refractivity contribution in [2.24, 2.45) is 7.05 Å². The second-order valence-electron chi connectivity index (χ2n) is 9.31. The van der Waals surface area contributed by atoms with Crippen LogP contribution in [0, 0.1) is 6.92 Å². The van der Waals surface area contributed by atoms with Crippen molar-refractivity contribution in [2.75, 3.05) is 32.2 Å². The molecule has 2 aliphatic rings. The van der Waals surface area contributed by atoms with E-state index in [1.807, 2.05) is 56.6 Å². The molecule has 2 aliphatic heterocycles. The van der Waals surface area contributed by atoms with Crippen molar-refractivity contribution in [1.29, 1.82) is 0 Å². The maximum absolute atomic E-state index is 13.3. The molecule has 0 aliphatic carbocycles. The molecule has 5 rings (SSSR count). The van der Waals surface area contributed by atoms with E-state index in [-0.39, 0.29) is 30.3 Å². The molecule has 0 saturated carbocycles. The van der Waals surface area contributed by atoms with Gasteiger partial charge in [0.1, 0.15) is 11.5 Å². The topological polar surface area (TPSA) is 98.5 Å². The Morgan fingerprint density at radius 3 is 2.83 bits per heavy atom. The largest absolute Gasteiger partial charge is 0.382 e. The number of amides is 2. The smallest absolute Gasteiger partial charge is 0.320 e. The van der Waals surface area contributed by atoms with Crippen LogP contribution in [-0.4, -0.2) is 81.6 Å². The number of carbonyl (C=O) groups excluding carboxylic acids is 1. The van der Waals surface area contributed by atoms with Crippen molar-refractivity contribution in [3.05, 3.63) is 60.9 Å².